The van der Waals surface area contributed by atoms with E-state index in [4.69, 9.17) is 14.6 Å². The number of carbonyl (C=O) groups excluding carboxylic acids is 1. The van der Waals surface area contributed by atoms with E-state index < -0.39 is 11.9 Å². The molecule has 0 bridgehead atoms. The number of esters is 1. The normalized spacial score (nSPS) is 18.4. The lowest BCUT2D eigenvalue weighted by Gasteiger charge is -2.04. The molecule has 0 amide bonds. The summed E-state index contributed by atoms with van der Waals surface area (Å²) in [6.45, 7) is 7.16. The molecule has 0 aromatic heterocycles. The van der Waals surface area contributed by atoms with Crippen LogP contribution >= 0.6 is 0 Å². The minimum Gasteiger partial charge on any atom is -0.478 e. The Hall–Kier alpha value is -1.62. The Balaban J connectivity index is 2.38. The van der Waals surface area contributed by atoms with Gasteiger partial charge in [0, 0.05) is 0 Å². The van der Waals surface area contributed by atoms with Gasteiger partial charge in [-0.3, -0.25) is 0 Å². The van der Waals surface area contributed by atoms with Crippen LogP contribution in [0.4, 0.5) is 0 Å². The van der Waals surface area contributed by atoms with E-state index in [1.165, 1.54) is 0 Å². The van der Waals surface area contributed by atoms with Gasteiger partial charge in [0.1, 0.15) is 12.7 Å². The first-order valence-corrected chi connectivity index (χ1v) is 3.92. The van der Waals surface area contributed by atoms with Crippen LogP contribution in [0.3, 0.4) is 0 Å². The van der Waals surface area contributed by atoms with Crippen LogP contribution in [0.1, 0.15) is 0 Å². The van der Waals surface area contributed by atoms with Crippen LogP contribution in [0.25, 0.3) is 0 Å². The molecule has 5 nitrogen and oxygen atoms in total. The number of hydrogen-bond donors (Lipinski definition) is 1. The number of ether oxygens (including phenoxy) is 2. The van der Waals surface area contributed by atoms with E-state index in [1.54, 1.807) is 0 Å². The van der Waals surface area contributed by atoms with Crippen molar-refractivity contribution in [1.82, 2.24) is 0 Å². The van der Waals surface area contributed by atoms with E-state index in [0.29, 0.717) is 6.61 Å². The molecule has 1 heterocycles. The first kappa shape index (κ1) is 10.5. The molecule has 0 aliphatic carbocycles. The van der Waals surface area contributed by atoms with Crippen molar-refractivity contribution in [3.05, 3.63) is 24.3 Å². The Kier molecular flexibility index (Phi) is 3.03. The van der Waals surface area contributed by atoms with Crippen LogP contribution in [0.2, 0.25) is 0 Å². The van der Waals surface area contributed by atoms with Gasteiger partial charge in [0.25, 0.3) is 0 Å². The van der Waals surface area contributed by atoms with Crippen LogP contribution in [0, 0.1) is 0 Å². The highest BCUT2D eigenvalue weighted by Crippen LogP contribution is 2.12. The van der Waals surface area contributed by atoms with Gasteiger partial charge < -0.3 is 14.6 Å². The summed E-state index contributed by atoms with van der Waals surface area (Å²) in [5, 5.41) is 8.50. The van der Waals surface area contributed by atoms with Gasteiger partial charge in [-0.1, -0.05) is 13.2 Å². The number of carboxylic acids is 1. The van der Waals surface area contributed by atoms with Gasteiger partial charge in [-0.2, -0.15) is 0 Å². The number of carboxylic acid groups (broad SMARTS) is 1. The zero-order chi connectivity index (χ0) is 10.7. The summed E-state index contributed by atoms with van der Waals surface area (Å²) in [6, 6.07) is 0. The number of carbonyl (C=O) groups is 2. The molecule has 0 saturated carbocycles. The van der Waals surface area contributed by atoms with E-state index in [0.717, 1.165) is 0 Å². The third kappa shape index (κ3) is 2.70. The molecule has 5 heteroatoms. The highest BCUT2D eigenvalue weighted by molar-refractivity contribution is 6.05. The summed E-state index contributed by atoms with van der Waals surface area (Å²) in [4.78, 5) is 21.5. The molecule has 0 aromatic carbocycles. The average molecular weight is 198 g/mol. The lowest BCUT2D eigenvalue weighted by molar-refractivity contribution is -0.140. The third-order valence-corrected chi connectivity index (χ3v) is 1.67. The quantitative estimate of drug-likeness (QED) is 0.294. The van der Waals surface area contributed by atoms with Crippen molar-refractivity contribution in [3.63, 3.8) is 0 Å². The highest BCUT2D eigenvalue weighted by Gasteiger charge is 2.25. The Morgan fingerprint density at radius 3 is 2.43 bits per heavy atom. The molecule has 1 rings (SSSR count). The molecular formula is C9H10O5. The van der Waals surface area contributed by atoms with Crippen molar-refractivity contribution in [2.75, 3.05) is 13.2 Å². The van der Waals surface area contributed by atoms with E-state index in [9.17, 15) is 9.59 Å². The minimum absolute atomic E-state index is 0.0511. The van der Waals surface area contributed by atoms with E-state index in [1.807, 2.05) is 0 Å². The summed E-state index contributed by atoms with van der Waals surface area (Å²) < 4.78 is 9.51. The van der Waals surface area contributed by atoms with E-state index >= 15 is 0 Å². The number of hydrogen-bond acceptors (Lipinski definition) is 4. The van der Waals surface area contributed by atoms with E-state index in [2.05, 4.69) is 13.2 Å². The summed E-state index contributed by atoms with van der Waals surface area (Å²) in [5.41, 5.74) is -0.593. The van der Waals surface area contributed by atoms with Gasteiger partial charge in [0.05, 0.1) is 17.8 Å². The maximum Gasteiger partial charge on any atom is 0.338 e. The monoisotopic (exact) mass is 198 g/mol. The molecular weight excluding hydrogens is 188 g/mol. The summed E-state index contributed by atoms with van der Waals surface area (Å²) in [5.74, 6) is -2.05. The smallest absolute Gasteiger partial charge is 0.338 e. The number of aliphatic carboxylic acids is 1. The zero-order valence-electron chi connectivity index (χ0n) is 7.49. The summed E-state index contributed by atoms with van der Waals surface area (Å²) in [6.07, 6.45) is -0.0511. The second-order valence-corrected chi connectivity index (χ2v) is 2.82. The first-order chi connectivity index (χ1) is 6.52. The largest absolute Gasteiger partial charge is 0.478 e. The van der Waals surface area contributed by atoms with Gasteiger partial charge in [-0.05, 0) is 0 Å². The van der Waals surface area contributed by atoms with Gasteiger partial charge in [-0.15, -0.1) is 0 Å². The van der Waals surface area contributed by atoms with E-state index in [-0.39, 0.29) is 23.9 Å². The molecule has 1 saturated heterocycles. The fourth-order valence-electron chi connectivity index (χ4n) is 0.672. The lowest BCUT2D eigenvalue weighted by atomic mass is 10.1. The van der Waals surface area contributed by atoms with Crippen molar-refractivity contribution >= 4 is 11.9 Å². The standard InChI is InChI=1S/C9H10O5/c1-5(8(10)11)6(2)9(12)14-4-7-3-13-7/h7H,1-4H2,(H,10,11). The maximum atomic E-state index is 11.1. The Morgan fingerprint density at radius 1 is 1.43 bits per heavy atom. The van der Waals surface area contributed by atoms with Crippen LogP contribution in [-0.2, 0) is 19.1 Å². The predicted molar refractivity (Wildman–Crippen MR) is 46.6 cm³/mol. The van der Waals surface area contributed by atoms with Gasteiger partial charge in [0.2, 0.25) is 0 Å². The molecule has 1 unspecified atom stereocenters. The third-order valence-electron chi connectivity index (χ3n) is 1.67. The first-order valence-electron chi connectivity index (χ1n) is 3.92. The topological polar surface area (TPSA) is 76.1 Å². The second kappa shape index (κ2) is 4.06. The van der Waals surface area contributed by atoms with Crippen molar-refractivity contribution in [1.29, 1.82) is 0 Å². The summed E-state index contributed by atoms with van der Waals surface area (Å²) in [7, 11) is 0. The SMILES string of the molecule is C=C(C(=C)C(=O)OCC1CO1)C(=O)O. The molecule has 1 aliphatic rings. The Bertz CT molecular complexity index is 300. The van der Waals surface area contributed by atoms with Gasteiger partial charge >= 0.3 is 11.9 Å². The maximum absolute atomic E-state index is 11.1. The van der Waals surface area contributed by atoms with Gasteiger partial charge in [-0.25, -0.2) is 9.59 Å². The van der Waals surface area contributed by atoms with Gasteiger partial charge in [0.15, 0.2) is 0 Å². The Labute approximate surface area is 80.6 Å². The molecule has 1 atom stereocenters. The molecule has 1 aliphatic heterocycles. The number of rotatable bonds is 5. The van der Waals surface area contributed by atoms with Crippen molar-refractivity contribution in [2.45, 2.75) is 6.10 Å². The summed E-state index contributed by atoms with van der Waals surface area (Å²) >= 11 is 0. The van der Waals surface area contributed by atoms with Crippen molar-refractivity contribution in [3.8, 4) is 0 Å². The van der Waals surface area contributed by atoms with Crippen LogP contribution < -0.4 is 0 Å². The molecule has 1 fully saturated rings. The molecule has 0 aromatic rings. The second-order valence-electron chi connectivity index (χ2n) is 2.82. The average Bonchev–Trinajstić information content (AvgIpc) is 2.95. The lowest BCUT2D eigenvalue weighted by Crippen LogP contribution is -2.15. The predicted octanol–water partition coefficient (Wildman–Crippen LogP) is 0.125. The van der Waals surface area contributed by atoms with Crippen LogP contribution in [0.5, 0.6) is 0 Å². The minimum atomic E-state index is -1.28. The van der Waals surface area contributed by atoms with Crippen molar-refractivity contribution < 1.29 is 24.2 Å². The zero-order valence-corrected chi connectivity index (χ0v) is 7.49. The Morgan fingerprint density at radius 2 is 2.00 bits per heavy atom. The molecule has 0 radical (unpaired) electrons. The molecule has 76 valence electrons. The fraction of sp³-hybridized carbons (Fsp3) is 0.333. The number of epoxide rings is 1. The molecule has 1 N–H and O–H groups in total. The fourth-order valence-corrected chi connectivity index (χ4v) is 0.672. The van der Waals surface area contributed by atoms with Crippen molar-refractivity contribution in [2.24, 2.45) is 0 Å². The highest BCUT2D eigenvalue weighted by atomic mass is 16.6. The van der Waals surface area contributed by atoms with Crippen LogP contribution in [0.15, 0.2) is 24.3 Å². The van der Waals surface area contributed by atoms with Crippen LogP contribution in [-0.4, -0.2) is 36.4 Å². The molecule has 14 heavy (non-hydrogen) atoms. The molecule has 0 spiro atoms.